The topological polar surface area (TPSA) is 131 Å². The van der Waals surface area contributed by atoms with Gasteiger partial charge in [-0.15, -0.1) is 11.8 Å². The summed E-state index contributed by atoms with van der Waals surface area (Å²) in [5.74, 6) is 2.02. The highest BCUT2D eigenvalue weighted by Crippen LogP contribution is 2.28. The van der Waals surface area contributed by atoms with Gasteiger partial charge in [0, 0.05) is 23.6 Å². The number of nitro benzene ring substituents is 1. The minimum Gasteiger partial charge on any atom is -0.444 e. The third kappa shape index (κ3) is 9.59. The fraction of sp³-hybridized carbons (Fsp3) is 0.667. The van der Waals surface area contributed by atoms with E-state index in [0.29, 0.717) is 23.3 Å². The maximum atomic E-state index is 13.4. The lowest BCUT2D eigenvalue weighted by atomic mass is 9.91. The summed E-state index contributed by atoms with van der Waals surface area (Å²) < 4.78 is 5.48. The average Bonchev–Trinajstić information content (AvgIpc) is 3.38. The van der Waals surface area contributed by atoms with E-state index in [1.54, 1.807) is 51.6 Å². The average molecular weight is 581 g/mol. The van der Waals surface area contributed by atoms with Gasteiger partial charge in [0.2, 0.25) is 11.8 Å². The van der Waals surface area contributed by atoms with Crippen LogP contribution in [0.5, 0.6) is 0 Å². The number of thioether (sulfide) groups is 2. The molecule has 10 nitrogen and oxygen atoms in total. The van der Waals surface area contributed by atoms with Gasteiger partial charge in [-0.25, -0.2) is 4.79 Å². The molecule has 1 aliphatic carbocycles. The normalized spacial score (nSPS) is 19.7. The van der Waals surface area contributed by atoms with Crippen LogP contribution in [0.1, 0.15) is 71.4 Å². The molecule has 39 heavy (non-hydrogen) atoms. The predicted octanol–water partition coefficient (Wildman–Crippen LogP) is 4.88. The molecule has 2 N–H and O–H groups in total. The lowest BCUT2D eigenvalue weighted by molar-refractivity contribution is -0.384. The Kier molecular flexibility index (Phi) is 11.3. The first kappa shape index (κ1) is 31.1. The van der Waals surface area contributed by atoms with Crippen molar-refractivity contribution in [3.63, 3.8) is 0 Å². The van der Waals surface area contributed by atoms with Crippen LogP contribution in [-0.4, -0.2) is 68.6 Å². The number of ether oxygens (including phenoxy) is 1. The lowest BCUT2D eigenvalue weighted by Gasteiger charge is -2.29. The second kappa shape index (κ2) is 14.2. The Morgan fingerprint density at radius 3 is 2.44 bits per heavy atom. The SMILES string of the molecule is C[C@@H](NC(=O)[C@H](CSCC1CCCCC1)NC(=O)[C@@H]1CSCN1C(=O)OC(C)(C)C)c1ccc([N+](=O)[O-])cc1. The molecular weight excluding hydrogens is 540 g/mol. The Labute approximate surface area is 238 Å². The number of hydrogen-bond acceptors (Lipinski definition) is 8. The Balaban J connectivity index is 1.66. The molecule has 3 rings (SSSR count). The molecule has 1 heterocycles. The number of hydrogen-bond donors (Lipinski definition) is 2. The van der Waals surface area contributed by atoms with Gasteiger partial charge in [0.15, 0.2) is 0 Å². The van der Waals surface area contributed by atoms with Crippen LogP contribution in [0.4, 0.5) is 10.5 Å². The molecule has 2 fully saturated rings. The van der Waals surface area contributed by atoms with E-state index in [9.17, 15) is 24.5 Å². The van der Waals surface area contributed by atoms with Crippen molar-refractivity contribution in [2.45, 2.75) is 83.5 Å². The number of nitro groups is 1. The summed E-state index contributed by atoms with van der Waals surface area (Å²) in [7, 11) is 0. The summed E-state index contributed by atoms with van der Waals surface area (Å²) in [6.07, 6.45) is 5.58. The largest absolute Gasteiger partial charge is 0.444 e. The number of carbonyl (C=O) groups is 3. The van der Waals surface area contributed by atoms with Crippen LogP contribution >= 0.6 is 23.5 Å². The van der Waals surface area contributed by atoms with Crippen LogP contribution < -0.4 is 10.6 Å². The van der Waals surface area contributed by atoms with Gasteiger partial charge < -0.3 is 15.4 Å². The number of nitrogens with zero attached hydrogens (tertiary/aromatic N) is 2. The summed E-state index contributed by atoms with van der Waals surface area (Å²) in [6.45, 7) is 7.13. The number of non-ortho nitro benzene ring substituents is 1. The number of rotatable bonds is 10. The summed E-state index contributed by atoms with van der Waals surface area (Å²) in [4.78, 5) is 51.3. The summed E-state index contributed by atoms with van der Waals surface area (Å²) in [5.41, 5.74) is 0.0139. The molecule has 216 valence electrons. The monoisotopic (exact) mass is 580 g/mol. The van der Waals surface area contributed by atoms with Gasteiger partial charge in [-0.1, -0.05) is 31.4 Å². The standard InChI is InChI=1S/C27H40N4O6S2/c1-18(20-10-12-21(13-11-20)31(35)36)28-24(32)22(15-38-14-19-8-6-5-7-9-19)29-25(33)23-16-39-17-30(23)26(34)37-27(2,3)4/h10-13,18-19,22-23H,5-9,14-17H2,1-4H3,(H,28,32)(H,29,33)/t18-,22+,23+/m1/s1. The molecule has 1 aromatic carbocycles. The van der Waals surface area contributed by atoms with Gasteiger partial charge in [0.25, 0.3) is 5.69 Å². The van der Waals surface area contributed by atoms with Crippen LogP contribution in [0.25, 0.3) is 0 Å². The second-order valence-corrected chi connectivity index (χ2v) is 13.2. The van der Waals surface area contributed by atoms with Crippen LogP contribution in [0.15, 0.2) is 24.3 Å². The summed E-state index contributed by atoms with van der Waals surface area (Å²) >= 11 is 3.13. The van der Waals surface area contributed by atoms with Gasteiger partial charge in [-0.2, -0.15) is 11.8 Å². The molecular formula is C27H40N4O6S2. The predicted molar refractivity (Wildman–Crippen MR) is 155 cm³/mol. The van der Waals surface area contributed by atoms with Crippen LogP contribution in [0, 0.1) is 16.0 Å². The van der Waals surface area contributed by atoms with E-state index in [0.717, 1.165) is 11.3 Å². The number of nitrogens with one attached hydrogen (secondary N) is 2. The maximum absolute atomic E-state index is 13.4. The quantitative estimate of drug-likeness (QED) is 0.296. The van der Waals surface area contributed by atoms with Crippen molar-refractivity contribution >= 4 is 47.1 Å². The van der Waals surface area contributed by atoms with Crippen molar-refractivity contribution in [3.8, 4) is 0 Å². The van der Waals surface area contributed by atoms with Gasteiger partial charge in [-0.05, 0) is 57.8 Å². The Morgan fingerprint density at radius 2 is 1.82 bits per heavy atom. The fourth-order valence-electron chi connectivity index (χ4n) is 4.60. The molecule has 3 amide bonds. The van der Waals surface area contributed by atoms with E-state index < -0.39 is 34.7 Å². The highest BCUT2D eigenvalue weighted by atomic mass is 32.2. The molecule has 3 atom stereocenters. The molecule has 1 aromatic rings. The maximum Gasteiger partial charge on any atom is 0.411 e. The fourth-order valence-corrected chi connectivity index (χ4v) is 7.01. The zero-order chi connectivity index (χ0) is 28.6. The van der Waals surface area contributed by atoms with Crippen molar-refractivity contribution in [2.75, 3.05) is 23.1 Å². The van der Waals surface area contributed by atoms with Gasteiger partial charge in [0.05, 0.1) is 16.8 Å². The van der Waals surface area contributed by atoms with Crippen LogP contribution in [0.3, 0.4) is 0 Å². The van der Waals surface area contributed by atoms with Crippen molar-refractivity contribution in [2.24, 2.45) is 5.92 Å². The zero-order valence-electron chi connectivity index (χ0n) is 23.1. The molecule has 0 radical (unpaired) electrons. The van der Waals surface area contributed by atoms with Crippen LogP contribution in [0.2, 0.25) is 0 Å². The number of benzene rings is 1. The van der Waals surface area contributed by atoms with E-state index in [4.69, 9.17) is 4.74 Å². The van der Waals surface area contributed by atoms with E-state index in [2.05, 4.69) is 10.6 Å². The van der Waals surface area contributed by atoms with E-state index in [1.807, 2.05) is 0 Å². The molecule has 1 saturated carbocycles. The minimum absolute atomic E-state index is 0.0227. The molecule has 12 heteroatoms. The van der Waals surface area contributed by atoms with Crippen molar-refractivity contribution in [1.29, 1.82) is 0 Å². The Bertz CT molecular complexity index is 1010. The lowest BCUT2D eigenvalue weighted by Crippen LogP contribution is -2.55. The Morgan fingerprint density at radius 1 is 1.15 bits per heavy atom. The molecule has 0 spiro atoms. The molecule has 0 unspecified atom stereocenters. The van der Waals surface area contributed by atoms with E-state index in [1.165, 1.54) is 60.9 Å². The summed E-state index contributed by atoms with van der Waals surface area (Å²) in [6, 6.07) is 4.10. The molecule has 1 saturated heterocycles. The first-order chi connectivity index (χ1) is 18.4. The van der Waals surface area contributed by atoms with Gasteiger partial charge >= 0.3 is 6.09 Å². The smallest absolute Gasteiger partial charge is 0.411 e. The van der Waals surface area contributed by atoms with Gasteiger partial charge in [-0.3, -0.25) is 24.6 Å². The number of carbonyl (C=O) groups excluding carboxylic acids is 3. The Hall–Kier alpha value is -2.47. The second-order valence-electron chi connectivity index (χ2n) is 11.1. The van der Waals surface area contributed by atoms with Crippen molar-refractivity contribution < 1.29 is 24.0 Å². The summed E-state index contributed by atoms with van der Waals surface area (Å²) in [5, 5.41) is 16.8. The van der Waals surface area contributed by atoms with E-state index >= 15 is 0 Å². The third-order valence-electron chi connectivity index (χ3n) is 6.77. The van der Waals surface area contributed by atoms with E-state index in [-0.39, 0.29) is 17.5 Å². The third-order valence-corrected chi connectivity index (χ3v) is 9.06. The molecule has 2 aliphatic rings. The first-order valence-electron chi connectivity index (χ1n) is 13.4. The van der Waals surface area contributed by atoms with Crippen molar-refractivity contribution in [3.05, 3.63) is 39.9 Å². The number of amides is 3. The van der Waals surface area contributed by atoms with Crippen molar-refractivity contribution in [1.82, 2.24) is 15.5 Å². The highest BCUT2D eigenvalue weighted by Gasteiger charge is 2.38. The zero-order valence-corrected chi connectivity index (χ0v) is 24.8. The molecule has 1 aliphatic heterocycles. The van der Waals surface area contributed by atoms with Gasteiger partial charge in [0.1, 0.15) is 17.7 Å². The first-order valence-corrected chi connectivity index (χ1v) is 15.8. The molecule has 0 aromatic heterocycles. The highest BCUT2D eigenvalue weighted by molar-refractivity contribution is 7.99. The molecule has 0 bridgehead atoms. The minimum atomic E-state index is -0.794. The van der Waals surface area contributed by atoms with Crippen LogP contribution in [-0.2, 0) is 14.3 Å².